The molecule has 1 amide bonds. The first kappa shape index (κ1) is 16.8. The van der Waals surface area contributed by atoms with Crippen molar-refractivity contribution >= 4 is 5.91 Å². The quantitative estimate of drug-likeness (QED) is 0.816. The molecule has 1 aliphatic heterocycles. The lowest BCUT2D eigenvalue weighted by atomic mass is 9.94. The molecule has 3 heterocycles. The Kier molecular flexibility index (Phi) is 5.35. The molecule has 130 valence electrons. The van der Waals surface area contributed by atoms with E-state index >= 15 is 0 Å². The van der Waals surface area contributed by atoms with Gasteiger partial charge in [0.05, 0.1) is 12.9 Å². The Morgan fingerprint density at radius 2 is 2.38 bits per heavy atom. The molecular formula is C18H25N3O3. The molecule has 24 heavy (non-hydrogen) atoms. The van der Waals surface area contributed by atoms with E-state index in [1.807, 2.05) is 11.1 Å². The summed E-state index contributed by atoms with van der Waals surface area (Å²) >= 11 is 0. The molecule has 1 atom stereocenters. The topological polar surface area (TPSA) is 60.5 Å². The number of hydrogen-bond donors (Lipinski definition) is 0. The van der Waals surface area contributed by atoms with Crippen LogP contribution in [0.1, 0.15) is 34.9 Å². The summed E-state index contributed by atoms with van der Waals surface area (Å²) in [4.78, 5) is 18.9. The van der Waals surface area contributed by atoms with Crippen LogP contribution >= 0.6 is 0 Å². The van der Waals surface area contributed by atoms with Gasteiger partial charge in [-0.15, -0.1) is 0 Å². The Labute approximate surface area is 142 Å². The predicted octanol–water partition coefficient (Wildman–Crippen LogP) is 2.53. The molecule has 0 aliphatic carbocycles. The summed E-state index contributed by atoms with van der Waals surface area (Å²) in [5.74, 6) is 1.93. The van der Waals surface area contributed by atoms with Gasteiger partial charge in [-0.05, 0) is 37.8 Å². The molecule has 1 aliphatic rings. The van der Waals surface area contributed by atoms with E-state index in [1.54, 1.807) is 25.5 Å². The number of imidazole rings is 1. The maximum absolute atomic E-state index is 12.5. The van der Waals surface area contributed by atoms with Gasteiger partial charge in [0.15, 0.2) is 5.76 Å². The molecule has 0 N–H and O–H groups in total. The molecule has 0 spiro atoms. The van der Waals surface area contributed by atoms with Crippen LogP contribution in [0.2, 0.25) is 0 Å². The molecule has 6 heteroatoms. The molecule has 0 saturated carbocycles. The second-order valence-electron chi connectivity index (χ2n) is 6.40. The Hall–Kier alpha value is -2.08. The summed E-state index contributed by atoms with van der Waals surface area (Å²) in [5.41, 5.74) is 1.15. The van der Waals surface area contributed by atoms with E-state index < -0.39 is 0 Å². The zero-order valence-electron chi connectivity index (χ0n) is 14.4. The zero-order valence-corrected chi connectivity index (χ0v) is 14.4. The van der Waals surface area contributed by atoms with Gasteiger partial charge in [0.2, 0.25) is 0 Å². The molecule has 1 fully saturated rings. The van der Waals surface area contributed by atoms with E-state index in [-0.39, 0.29) is 5.91 Å². The average Bonchev–Trinajstić information content (AvgIpc) is 3.24. The van der Waals surface area contributed by atoms with Crippen molar-refractivity contribution in [1.29, 1.82) is 0 Å². The molecular weight excluding hydrogens is 306 g/mol. The van der Waals surface area contributed by atoms with Crippen molar-refractivity contribution in [3.63, 3.8) is 0 Å². The lowest BCUT2D eigenvalue weighted by Crippen LogP contribution is -2.40. The van der Waals surface area contributed by atoms with E-state index in [9.17, 15) is 4.79 Å². The second kappa shape index (κ2) is 7.66. The van der Waals surface area contributed by atoms with E-state index in [4.69, 9.17) is 9.15 Å². The van der Waals surface area contributed by atoms with Crippen LogP contribution < -0.4 is 0 Å². The molecule has 6 nitrogen and oxygen atoms in total. The van der Waals surface area contributed by atoms with Crippen LogP contribution in [-0.2, 0) is 17.7 Å². The summed E-state index contributed by atoms with van der Waals surface area (Å²) < 4.78 is 12.7. The van der Waals surface area contributed by atoms with Gasteiger partial charge in [0.1, 0.15) is 5.82 Å². The van der Waals surface area contributed by atoms with Gasteiger partial charge in [-0.1, -0.05) is 0 Å². The Morgan fingerprint density at radius 3 is 3.12 bits per heavy atom. The fourth-order valence-corrected chi connectivity index (χ4v) is 3.39. The van der Waals surface area contributed by atoms with Crippen molar-refractivity contribution in [3.8, 4) is 0 Å². The summed E-state index contributed by atoms with van der Waals surface area (Å²) in [7, 11) is 1.71. The van der Waals surface area contributed by atoms with Gasteiger partial charge in [0.25, 0.3) is 5.91 Å². The van der Waals surface area contributed by atoms with Crippen molar-refractivity contribution in [1.82, 2.24) is 14.5 Å². The highest BCUT2D eigenvalue weighted by atomic mass is 16.5. The zero-order chi connectivity index (χ0) is 16.9. The number of furan rings is 1. The number of ether oxygens (including phenoxy) is 1. The normalized spacial score (nSPS) is 18.1. The summed E-state index contributed by atoms with van der Waals surface area (Å²) in [5, 5.41) is 0. The number of methoxy groups -OCH3 is 1. The minimum atomic E-state index is -0.0106. The van der Waals surface area contributed by atoms with Crippen LogP contribution in [0.4, 0.5) is 0 Å². The first-order valence-corrected chi connectivity index (χ1v) is 8.51. The van der Waals surface area contributed by atoms with E-state index in [2.05, 4.69) is 16.5 Å². The average molecular weight is 331 g/mol. The molecule has 1 saturated heterocycles. The van der Waals surface area contributed by atoms with Crippen molar-refractivity contribution in [3.05, 3.63) is 41.9 Å². The fourth-order valence-electron chi connectivity index (χ4n) is 3.39. The molecule has 0 radical (unpaired) electrons. The first-order chi connectivity index (χ1) is 11.7. The van der Waals surface area contributed by atoms with E-state index in [0.717, 1.165) is 50.4 Å². The summed E-state index contributed by atoms with van der Waals surface area (Å²) in [6, 6.07) is 3.48. The predicted molar refractivity (Wildman–Crippen MR) is 89.9 cm³/mol. The Balaban J connectivity index is 1.64. The van der Waals surface area contributed by atoms with Gasteiger partial charge < -0.3 is 18.6 Å². The first-order valence-electron chi connectivity index (χ1n) is 8.51. The number of rotatable bonds is 6. The molecule has 2 aromatic rings. The standard InChI is InChI=1S/C18H25N3O3/c1-14-12-19-17(21(14)8-10-23-2)11-15-5-3-7-20(13-15)18(22)16-6-4-9-24-16/h4,6,9,12,15H,3,5,7-8,10-11,13H2,1-2H3. The minimum Gasteiger partial charge on any atom is -0.459 e. The van der Waals surface area contributed by atoms with Gasteiger partial charge in [-0.3, -0.25) is 4.79 Å². The Morgan fingerprint density at radius 1 is 1.50 bits per heavy atom. The number of amides is 1. The molecule has 3 rings (SSSR count). The van der Waals surface area contributed by atoms with Gasteiger partial charge in [0, 0.05) is 45.1 Å². The number of carbonyl (C=O) groups is 1. The SMILES string of the molecule is COCCn1c(C)cnc1CC1CCCN(C(=O)c2ccco2)C1. The van der Waals surface area contributed by atoms with Crippen LogP contribution in [0.15, 0.2) is 29.0 Å². The van der Waals surface area contributed by atoms with E-state index in [1.165, 1.54) is 0 Å². The number of aryl methyl sites for hydroxylation is 1. The van der Waals surface area contributed by atoms with Crippen molar-refractivity contribution in [2.75, 3.05) is 26.8 Å². The lowest BCUT2D eigenvalue weighted by molar-refractivity contribution is 0.0639. The van der Waals surface area contributed by atoms with Gasteiger partial charge >= 0.3 is 0 Å². The maximum Gasteiger partial charge on any atom is 0.289 e. The van der Waals surface area contributed by atoms with Crippen molar-refractivity contribution < 1.29 is 13.9 Å². The number of likely N-dealkylation sites (tertiary alicyclic amines) is 1. The third-order valence-electron chi connectivity index (χ3n) is 4.67. The highest BCUT2D eigenvalue weighted by molar-refractivity contribution is 5.91. The van der Waals surface area contributed by atoms with Crippen molar-refractivity contribution in [2.45, 2.75) is 32.7 Å². The highest BCUT2D eigenvalue weighted by Gasteiger charge is 2.27. The molecule has 0 aromatic carbocycles. The third-order valence-corrected chi connectivity index (χ3v) is 4.67. The number of piperidine rings is 1. The summed E-state index contributed by atoms with van der Waals surface area (Å²) in [6.45, 7) is 5.13. The van der Waals surface area contributed by atoms with Crippen LogP contribution in [0.3, 0.4) is 0 Å². The van der Waals surface area contributed by atoms with Crippen LogP contribution in [-0.4, -0.2) is 47.2 Å². The number of nitrogens with zero attached hydrogens (tertiary/aromatic N) is 3. The number of hydrogen-bond acceptors (Lipinski definition) is 4. The monoisotopic (exact) mass is 331 g/mol. The smallest absolute Gasteiger partial charge is 0.289 e. The Bertz CT molecular complexity index is 663. The molecule has 2 aromatic heterocycles. The maximum atomic E-state index is 12.5. The molecule has 1 unspecified atom stereocenters. The summed E-state index contributed by atoms with van der Waals surface area (Å²) in [6.07, 6.45) is 6.50. The van der Waals surface area contributed by atoms with Crippen LogP contribution in [0.25, 0.3) is 0 Å². The van der Waals surface area contributed by atoms with Gasteiger partial charge in [-0.25, -0.2) is 4.98 Å². The van der Waals surface area contributed by atoms with Crippen LogP contribution in [0.5, 0.6) is 0 Å². The molecule has 0 bridgehead atoms. The van der Waals surface area contributed by atoms with Gasteiger partial charge in [-0.2, -0.15) is 0 Å². The van der Waals surface area contributed by atoms with Crippen molar-refractivity contribution in [2.24, 2.45) is 5.92 Å². The third kappa shape index (κ3) is 3.70. The second-order valence-corrected chi connectivity index (χ2v) is 6.40. The lowest BCUT2D eigenvalue weighted by Gasteiger charge is -2.32. The fraction of sp³-hybridized carbons (Fsp3) is 0.556. The largest absolute Gasteiger partial charge is 0.459 e. The minimum absolute atomic E-state index is 0.0106. The van der Waals surface area contributed by atoms with Crippen LogP contribution in [0, 0.1) is 12.8 Å². The number of aromatic nitrogens is 2. The number of carbonyl (C=O) groups excluding carboxylic acids is 1. The van der Waals surface area contributed by atoms with E-state index in [0.29, 0.717) is 18.3 Å². The highest BCUT2D eigenvalue weighted by Crippen LogP contribution is 2.22.